The van der Waals surface area contributed by atoms with Crippen molar-refractivity contribution < 1.29 is 9.72 Å². The van der Waals surface area contributed by atoms with Crippen LogP contribution in [-0.2, 0) is 11.2 Å². The van der Waals surface area contributed by atoms with E-state index in [0.29, 0.717) is 0 Å². The van der Waals surface area contributed by atoms with Gasteiger partial charge in [-0.15, -0.1) is 0 Å². The Balaban J connectivity index is 1.94. The van der Waals surface area contributed by atoms with Crippen LogP contribution in [0.3, 0.4) is 0 Å². The van der Waals surface area contributed by atoms with E-state index in [1.165, 1.54) is 17.7 Å². The van der Waals surface area contributed by atoms with Gasteiger partial charge in [0.05, 0.1) is 17.4 Å². The topological polar surface area (TPSA) is 72.2 Å². The van der Waals surface area contributed by atoms with Crippen molar-refractivity contribution in [3.05, 3.63) is 75.3 Å². The van der Waals surface area contributed by atoms with Crippen LogP contribution in [0.5, 0.6) is 0 Å². The van der Waals surface area contributed by atoms with E-state index in [2.05, 4.69) is 5.32 Å². The van der Waals surface area contributed by atoms with Crippen molar-refractivity contribution in [3.63, 3.8) is 0 Å². The van der Waals surface area contributed by atoms with Gasteiger partial charge >= 0.3 is 0 Å². The number of hydrogen-bond donors (Lipinski definition) is 1. The number of aryl methyl sites for hydroxylation is 1. The number of carbonyl (C=O) groups excluding carboxylic acids is 1. The molecule has 5 nitrogen and oxygen atoms in total. The van der Waals surface area contributed by atoms with Crippen LogP contribution in [0.15, 0.2) is 48.5 Å². The van der Waals surface area contributed by atoms with Gasteiger partial charge in [-0.1, -0.05) is 42.0 Å². The van der Waals surface area contributed by atoms with E-state index in [9.17, 15) is 14.9 Å². The first kappa shape index (κ1) is 15.7. The smallest absolute Gasteiger partial charge is 0.269 e. The van der Waals surface area contributed by atoms with Crippen LogP contribution in [0.4, 0.5) is 5.69 Å². The number of non-ortho nitro benzene ring substituents is 1. The molecule has 0 bridgehead atoms. The highest BCUT2D eigenvalue weighted by atomic mass is 16.6. The molecule has 2 rings (SSSR count). The molecule has 0 aliphatic heterocycles. The number of carbonyl (C=O) groups is 1. The standard InChI is InChI=1S/C17H18N2O3/c1-12-3-7-15(8-4-12)13(2)18-17(20)11-14-5-9-16(10-6-14)19(21)22/h3-10,13H,11H2,1-2H3,(H,18,20). The summed E-state index contributed by atoms with van der Waals surface area (Å²) < 4.78 is 0. The fourth-order valence-electron chi connectivity index (χ4n) is 2.15. The lowest BCUT2D eigenvalue weighted by Gasteiger charge is -2.14. The second-order valence-electron chi connectivity index (χ2n) is 5.30. The minimum Gasteiger partial charge on any atom is -0.349 e. The first-order chi connectivity index (χ1) is 10.5. The second kappa shape index (κ2) is 6.85. The van der Waals surface area contributed by atoms with Crippen LogP contribution in [-0.4, -0.2) is 10.8 Å². The molecule has 0 aromatic heterocycles. The number of nitrogens with one attached hydrogen (secondary N) is 1. The minimum atomic E-state index is -0.455. The molecule has 1 amide bonds. The van der Waals surface area contributed by atoms with Gasteiger partial charge in [0.25, 0.3) is 5.69 Å². The third kappa shape index (κ3) is 4.15. The molecule has 5 heteroatoms. The predicted molar refractivity (Wildman–Crippen MR) is 84.5 cm³/mol. The number of benzene rings is 2. The molecular weight excluding hydrogens is 280 g/mol. The van der Waals surface area contributed by atoms with Crippen LogP contribution in [0.2, 0.25) is 0 Å². The molecule has 0 fully saturated rings. The Morgan fingerprint density at radius 1 is 1.14 bits per heavy atom. The van der Waals surface area contributed by atoms with E-state index >= 15 is 0 Å². The molecule has 1 unspecified atom stereocenters. The van der Waals surface area contributed by atoms with Crippen molar-refractivity contribution in [1.29, 1.82) is 0 Å². The number of amides is 1. The Morgan fingerprint density at radius 3 is 2.27 bits per heavy atom. The van der Waals surface area contributed by atoms with Gasteiger partial charge in [-0.3, -0.25) is 14.9 Å². The van der Waals surface area contributed by atoms with E-state index in [0.717, 1.165) is 11.1 Å². The van der Waals surface area contributed by atoms with Crippen molar-refractivity contribution >= 4 is 11.6 Å². The Kier molecular flexibility index (Phi) is 4.88. The zero-order chi connectivity index (χ0) is 16.1. The van der Waals surface area contributed by atoms with Crippen molar-refractivity contribution in [1.82, 2.24) is 5.32 Å². The molecule has 1 N–H and O–H groups in total. The van der Waals surface area contributed by atoms with Crippen molar-refractivity contribution in [2.75, 3.05) is 0 Å². The van der Waals surface area contributed by atoms with Crippen LogP contribution in [0.25, 0.3) is 0 Å². The van der Waals surface area contributed by atoms with Crippen molar-refractivity contribution in [3.8, 4) is 0 Å². The van der Waals surface area contributed by atoms with Crippen molar-refractivity contribution in [2.45, 2.75) is 26.3 Å². The summed E-state index contributed by atoms with van der Waals surface area (Å²) in [7, 11) is 0. The Morgan fingerprint density at radius 2 is 1.73 bits per heavy atom. The van der Waals surface area contributed by atoms with E-state index in [-0.39, 0.29) is 24.1 Å². The van der Waals surface area contributed by atoms with Gasteiger partial charge in [-0.25, -0.2) is 0 Å². The predicted octanol–water partition coefficient (Wildman–Crippen LogP) is 3.32. The maximum absolute atomic E-state index is 12.0. The summed E-state index contributed by atoms with van der Waals surface area (Å²) in [5.41, 5.74) is 2.99. The third-order valence-electron chi connectivity index (χ3n) is 3.47. The fraction of sp³-hybridized carbons (Fsp3) is 0.235. The summed E-state index contributed by atoms with van der Waals surface area (Å²) in [5.74, 6) is -0.109. The molecule has 2 aromatic rings. The lowest BCUT2D eigenvalue weighted by molar-refractivity contribution is -0.384. The molecule has 2 aromatic carbocycles. The van der Waals surface area contributed by atoms with E-state index in [4.69, 9.17) is 0 Å². The fourth-order valence-corrected chi connectivity index (χ4v) is 2.15. The molecule has 0 saturated carbocycles. The van der Waals surface area contributed by atoms with Crippen molar-refractivity contribution in [2.24, 2.45) is 0 Å². The van der Waals surface area contributed by atoms with Gasteiger partial charge in [0.2, 0.25) is 5.91 Å². The first-order valence-electron chi connectivity index (χ1n) is 7.05. The van der Waals surface area contributed by atoms with E-state index in [1.807, 2.05) is 38.1 Å². The molecule has 0 saturated heterocycles. The van der Waals surface area contributed by atoms with Gasteiger partial charge in [0, 0.05) is 12.1 Å². The number of nitrogens with zero attached hydrogens (tertiary/aromatic N) is 1. The first-order valence-corrected chi connectivity index (χ1v) is 7.05. The summed E-state index contributed by atoms with van der Waals surface area (Å²) in [5, 5.41) is 13.5. The molecule has 0 radical (unpaired) electrons. The van der Waals surface area contributed by atoms with Crippen LogP contribution < -0.4 is 5.32 Å². The zero-order valence-corrected chi connectivity index (χ0v) is 12.6. The molecule has 1 atom stereocenters. The average Bonchev–Trinajstić information content (AvgIpc) is 2.48. The quantitative estimate of drug-likeness (QED) is 0.680. The summed E-state index contributed by atoms with van der Waals surface area (Å²) in [6.45, 7) is 3.94. The highest BCUT2D eigenvalue weighted by molar-refractivity contribution is 5.79. The zero-order valence-electron chi connectivity index (χ0n) is 12.6. The average molecular weight is 298 g/mol. The maximum Gasteiger partial charge on any atom is 0.269 e. The molecule has 0 aliphatic rings. The molecule has 0 spiro atoms. The van der Waals surface area contributed by atoms with Gasteiger partial charge in [-0.05, 0) is 25.0 Å². The maximum atomic E-state index is 12.0. The summed E-state index contributed by atoms with van der Waals surface area (Å²) in [6.07, 6.45) is 0.203. The van der Waals surface area contributed by atoms with Crippen LogP contribution in [0.1, 0.15) is 29.7 Å². The van der Waals surface area contributed by atoms with Gasteiger partial charge in [0.15, 0.2) is 0 Å². The number of rotatable bonds is 5. The molecule has 0 aliphatic carbocycles. The molecule has 22 heavy (non-hydrogen) atoms. The van der Waals surface area contributed by atoms with Crippen LogP contribution >= 0.6 is 0 Å². The number of nitro benzene ring substituents is 1. The van der Waals surface area contributed by atoms with E-state index < -0.39 is 4.92 Å². The third-order valence-corrected chi connectivity index (χ3v) is 3.47. The SMILES string of the molecule is Cc1ccc(C(C)NC(=O)Cc2ccc([N+](=O)[O-])cc2)cc1. The van der Waals surface area contributed by atoms with Gasteiger partial charge in [-0.2, -0.15) is 0 Å². The molecule has 0 heterocycles. The summed E-state index contributed by atoms with van der Waals surface area (Å²) in [6, 6.07) is 14.0. The van der Waals surface area contributed by atoms with Gasteiger partial charge < -0.3 is 5.32 Å². The number of hydrogen-bond acceptors (Lipinski definition) is 3. The number of nitro groups is 1. The highest BCUT2D eigenvalue weighted by Gasteiger charge is 2.11. The Labute approximate surface area is 129 Å². The largest absolute Gasteiger partial charge is 0.349 e. The Hall–Kier alpha value is -2.69. The van der Waals surface area contributed by atoms with Crippen LogP contribution in [0, 0.1) is 17.0 Å². The highest BCUT2D eigenvalue weighted by Crippen LogP contribution is 2.15. The monoisotopic (exact) mass is 298 g/mol. The summed E-state index contributed by atoms with van der Waals surface area (Å²) >= 11 is 0. The van der Waals surface area contributed by atoms with Gasteiger partial charge in [0.1, 0.15) is 0 Å². The lowest BCUT2D eigenvalue weighted by Crippen LogP contribution is -2.28. The summed E-state index contributed by atoms with van der Waals surface area (Å²) in [4.78, 5) is 22.2. The molecular formula is C17H18N2O3. The Bertz CT molecular complexity index is 663. The molecule has 114 valence electrons. The minimum absolute atomic E-state index is 0.0252. The normalized spacial score (nSPS) is 11.7. The van der Waals surface area contributed by atoms with E-state index in [1.54, 1.807) is 12.1 Å². The lowest BCUT2D eigenvalue weighted by atomic mass is 10.1. The second-order valence-corrected chi connectivity index (χ2v) is 5.30.